The second-order valence-electron chi connectivity index (χ2n) is 4.97. The molecule has 6 heteroatoms. The minimum absolute atomic E-state index is 0.157. The molecule has 0 bridgehead atoms. The maximum Gasteiger partial charge on any atom is 0.269 e. The first-order valence-corrected chi connectivity index (χ1v) is 7.00. The highest BCUT2D eigenvalue weighted by molar-refractivity contribution is 6.30. The van der Waals surface area contributed by atoms with Gasteiger partial charge in [-0.1, -0.05) is 11.6 Å². The summed E-state index contributed by atoms with van der Waals surface area (Å²) >= 11 is 5.75. The Morgan fingerprint density at radius 2 is 2.35 bits per heavy atom. The molecule has 2 aromatic rings. The van der Waals surface area contributed by atoms with Gasteiger partial charge >= 0.3 is 0 Å². The van der Waals surface area contributed by atoms with Crippen molar-refractivity contribution in [1.82, 2.24) is 19.9 Å². The Balaban J connectivity index is 1.55. The molecule has 104 valence electrons. The molecule has 1 aliphatic rings. The molecule has 0 saturated heterocycles. The number of pyridine rings is 1. The Hall–Kier alpha value is -1.88. The van der Waals surface area contributed by atoms with Crippen molar-refractivity contribution < 1.29 is 4.79 Å². The Labute approximate surface area is 122 Å². The van der Waals surface area contributed by atoms with Crippen molar-refractivity contribution in [2.24, 2.45) is 5.92 Å². The predicted octanol–water partition coefficient (Wildman–Crippen LogP) is 1.92. The molecular weight excluding hydrogens is 276 g/mol. The molecule has 0 radical (unpaired) electrons. The van der Waals surface area contributed by atoms with Crippen molar-refractivity contribution in [3.05, 3.63) is 47.3 Å². The number of carbonyl (C=O) groups excluding carboxylic acids is 1. The lowest BCUT2D eigenvalue weighted by Crippen LogP contribution is -2.33. The number of carbonyl (C=O) groups is 1. The molecule has 1 atom stereocenters. The Morgan fingerprint density at radius 3 is 3.15 bits per heavy atom. The van der Waals surface area contributed by atoms with E-state index in [9.17, 15) is 4.79 Å². The quantitative estimate of drug-likeness (QED) is 0.939. The summed E-state index contributed by atoms with van der Waals surface area (Å²) in [6.45, 7) is 1.62. The van der Waals surface area contributed by atoms with E-state index in [0.29, 0.717) is 23.2 Å². The SMILES string of the molecule is O=C(NC[C@@H]1CCn2ccnc2C1)c1ccc(Cl)cn1. The van der Waals surface area contributed by atoms with E-state index < -0.39 is 0 Å². The van der Waals surface area contributed by atoms with Crippen molar-refractivity contribution >= 4 is 17.5 Å². The average Bonchev–Trinajstić information content (AvgIpc) is 2.93. The number of halogens is 1. The number of hydrogen-bond acceptors (Lipinski definition) is 3. The molecular formula is C14H15ClN4O. The average molecular weight is 291 g/mol. The van der Waals surface area contributed by atoms with Gasteiger partial charge in [-0.05, 0) is 24.5 Å². The molecule has 3 heterocycles. The van der Waals surface area contributed by atoms with E-state index in [0.717, 1.165) is 25.2 Å². The molecule has 20 heavy (non-hydrogen) atoms. The van der Waals surface area contributed by atoms with Crippen LogP contribution in [0.4, 0.5) is 0 Å². The van der Waals surface area contributed by atoms with Crippen LogP contribution >= 0.6 is 11.6 Å². The van der Waals surface area contributed by atoms with Gasteiger partial charge in [0, 0.05) is 38.1 Å². The first-order valence-electron chi connectivity index (χ1n) is 6.62. The van der Waals surface area contributed by atoms with Crippen molar-refractivity contribution in [3.8, 4) is 0 Å². The molecule has 0 unspecified atom stereocenters. The van der Waals surface area contributed by atoms with E-state index in [1.807, 2.05) is 12.4 Å². The van der Waals surface area contributed by atoms with Crippen LogP contribution in [0.5, 0.6) is 0 Å². The highest BCUT2D eigenvalue weighted by Crippen LogP contribution is 2.18. The van der Waals surface area contributed by atoms with Gasteiger partial charge in [-0.3, -0.25) is 4.79 Å². The van der Waals surface area contributed by atoms with E-state index in [-0.39, 0.29) is 5.91 Å². The lowest BCUT2D eigenvalue weighted by molar-refractivity contribution is 0.0939. The van der Waals surface area contributed by atoms with Crippen LogP contribution in [-0.4, -0.2) is 27.0 Å². The molecule has 1 aliphatic heterocycles. The zero-order valence-electron chi connectivity index (χ0n) is 10.9. The molecule has 0 fully saturated rings. The van der Waals surface area contributed by atoms with Gasteiger partial charge in [0.1, 0.15) is 11.5 Å². The lowest BCUT2D eigenvalue weighted by atomic mass is 9.98. The summed E-state index contributed by atoms with van der Waals surface area (Å²) in [6, 6.07) is 3.30. The molecule has 1 N–H and O–H groups in total. The lowest BCUT2D eigenvalue weighted by Gasteiger charge is -2.23. The van der Waals surface area contributed by atoms with E-state index in [1.54, 1.807) is 12.1 Å². The zero-order valence-corrected chi connectivity index (χ0v) is 11.7. The minimum Gasteiger partial charge on any atom is -0.350 e. The van der Waals surface area contributed by atoms with Crippen molar-refractivity contribution in [3.63, 3.8) is 0 Å². The maximum absolute atomic E-state index is 12.0. The number of rotatable bonds is 3. The van der Waals surface area contributed by atoms with Crippen molar-refractivity contribution in [2.75, 3.05) is 6.54 Å². The smallest absolute Gasteiger partial charge is 0.269 e. The molecule has 5 nitrogen and oxygen atoms in total. The summed E-state index contributed by atoms with van der Waals surface area (Å²) in [6.07, 6.45) is 7.27. The summed E-state index contributed by atoms with van der Waals surface area (Å²) in [5.41, 5.74) is 0.395. The van der Waals surface area contributed by atoms with Crippen LogP contribution in [0.1, 0.15) is 22.7 Å². The van der Waals surface area contributed by atoms with Gasteiger partial charge in [0.15, 0.2) is 0 Å². The number of imidazole rings is 1. The minimum atomic E-state index is -0.157. The third-order valence-electron chi connectivity index (χ3n) is 3.56. The molecule has 1 amide bonds. The molecule has 0 spiro atoms. The number of nitrogens with zero attached hydrogens (tertiary/aromatic N) is 3. The Bertz CT molecular complexity index is 608. The fourth-order valence-electron chi connectivity index (χ4n) is 2.43. The largest absolute Gasteiger partial charge is 0.350 e. The number of hydrogen-bond donors (Lipinski definition) is 1. The van der Waals surface area contributed by atoms with Gasteiger partial charge in [0.2, 0.25) is 0 Å². The van der Waals surface area contributed by atoms with Crippen molar-refractivity contribution in [2.45, 2.75) is 19.4 Å². The van der Waals surface area contributed by atoms with Gasteiger partial charge in [-0.15, -0.1) is 0 Å². The van der Waals surface area contributed by atoms with Crippen LogP contribution in [0.25, 0.3) is 0 Å². The maximum atomic E-state index is 12.0. The molecule has 0 aliphatic carbocycles. The molecule has 2 aromatic heterocycles. The summed E-state index contributed by atoms with van der Waals surface area (Å²) in [5, 5.41) is 3.46. The topological polar surface area (TPSA) is 59.8 Å². The van der Waals surface area contributed by atoms with E-state index in [2.05, 4.69) is 19.9 Å². The van der Waals surface area contributed by atoms with Gasteiger partial charge in [0.25, 0.3) is 5.91 Å². The third kappa shape index (κ3) is 2.82. The zero-order chi connectivity index (χ0) is 13.9. The first kappa shape index (κ1) is 13.1. The van der Waals surface area contributed by atoms with Crippen LogP contribution in [0, 0.1) is 5.92 Å². The first-order chi connectivity index (χ1) is 9.72. The number of fused-ring (bicyclic) bond motifs is 1. The van der Waals surface area contributed by atoms with Gasteiger partial charge in [0.05, 0.1) is 5.02 Å². The van der Waals surface area contributed by atoms with Crippen LogP contribution in [0.2, 0.25) is 5.02 Å². The van der Waals surface area contributed by atoms with Crippen LogP contribution in [0.3, 0.4) is 0 Å². The van der Waals surface area contributed by atoms with E-state index >= 15 is 0 Å². The summed E-state index contributed by atoms with van der Waals surface area (Å²) in [7, 11) is 0. The Morgan fingerprint density at radius 1 is 1.45 bits per heavy atom. The van der Waals surface area contributed by atoms with Crippen molar-refractivity contribution in [1.29, 1.82) is 0 Å². The second kappa shape index (κ2) is 5.63. The number of amides is 1. The molecule has 3 rings (SSSR count). The normalized spacial score (nSPS) is 17.6. The fourth-order valence-corrected chi connectivity index (χ4v) is 2.54. The standard InChI is InChI=1S/C14H15ClN4O/c15-11-1-2-12(17-9-11)14(20)18-8-10-3-5-19-6-4-16-13(19)7-10/h1-2,4,6,9-10H,3,5,7-8H2,(H,18,20)/t10-/m1/s1. The number of nitrogens with one attached hydrogen (secondary N) is 1. The van der Waals surface area contributed by atoms with Gasteiger partial charge in [-0.25, -0.2) is 9.97 Å². The summed E-state index contributed by atoms with van der Waals surface area (Å²) in [5.74, 6) is 1.37. The van der Waals surface area contributed by atoms with E-state index in [1.165, 1.54) is 6.20 Å². The molecule has 0 saturated carbocycles. The van der Waals surface area contributed by atoms with Crippen LogP contribution < -0.4 is 5.32 Å². The monoisotopic (exact) mass is 290 g/mol. The summed E-state index contributed by atoms with van der Waals surface area (Å²) in [4.78, 5) is 20.3. The number of aryl methyl sites for hydroxylation is 1. The van der Waals surface area contributed by atoms with Gasteiger partial charge in [-0.2, -0.15) is 0 Å². The highest BCUT2D eigenvalue weighted by atomic mass is 35.5. The van der Waals surface area contributed by atoms with Crippen LogP contribution in [-0.2, 0) is 13.0 Å². The number of aromatic nitrogens is 3. The highest BCUT2D eigenvalue weighted by Gasteiger charge is 2.20. The summed E-state index contributed by atoms with van der Waals surface area (Å²) < 4.78 is 2.17. The second-order valence-corrected chi connectivity index (χ2v) is 5.40. The third-order valence-corrected chi connectivity index (χ3v) is 3.79. The van der Waals surface area contributed by atoms with Crippen LogP contribution in [0.15, 0.2) is 30.7 Å². The predicted molar refractivity (Wildman–Crippen MR) is 75.6 cm³/mol. The van der Waals surface area contributed by atoms with E-state index in [4.69, 9.17) is 11.6 Å². The van der Waals surface area contributed by atoms with Gasteiger partial charge < -0.3 is 9.88 Å². The fraction of sp³-hybridized carbons (Fsp3) is 0.357. The Kier molecular flexibility index (Phi) is 3.69. The molecule has 0 aromatic carbocycles.